The molecule has 1 heterocycles. The van der Waals surface area contributed by atoms with Crippen LogP contribution in [0, 0.1) is 11.7 Å². The first-order valence-corrected chi connectivity index (χ1v) is 6.88. The molecule has 96 valence electrons. The number of carbonyl (C=O) groups excluding carboxylic acids is 1. The van der Waals surface area contributed by atoms with Crippen molar-refractivity contribution in [2.24, 2.45) is 5.92 Å². The Bertz CT molecular complexity index is 531. The molecule has 0 bridgehead atoms. The van der Waals surface area contributed by atoms with Gasteiger partial charge in [0.15, 0.2) is 0 Å². The van der Waals surface area contributed by atoms with Crippen molar-refractivity contribution in [3.05, 3.63) is 35.5 Å². The summed E-state index contributed by atoms with van der Waals surface area (Å²) in [6, 6.07) is 6.82. The van der Waals surface area contributed by atoms with Crippen LogP contribution < -0.4 is 0 Å². The molecule has 18 heavy (non-hydrogen) atoms. The average molecular weight is 266 g/mol. The molecule has 0 unspecified atom stereocenters. The van der Waals surface area contributed by atoms with Gasteiger partial charge >= 0.3 is 5.97 Å². The third kappa shape index (κ3) is 3.53. The fourth-order valence-electron chi connectivity index (χ4n) is 1.51. The molecule has 0 radical (unpaired) electrons. The molecule has 1 saturated carbocycles. The second-order valence-corrected chi connectivity index (χ2v) is 5.08. The van der Waals surface area contributed by atoms with Crippen LogP contribution in [0.15, 0.2) is 29.6 Å². The number of rotatable bonds is 2. The number of halogens is 1. The van der Waals surface area contributed by atoms with Crippen molar-refractivity contribution in [2.75, 3.05) is 6.61 Å². The Balaban J connectivity index is 0.000000138. The number of fused-ring (bicyclic) bond motifs is 1. The van der Waals surface area contributed by atoms with Gasteiger partial charge in [-0.2, -0.15) is 0 Å². The van der Waals surface area contributed by atoms with Gasteiger partial charge in [-0.3, -0.25) is 4.79 Å². The molecule has 1 fully saturated rings. The first kappa shape index (κ1) is 13.0. The molecule has 0 amide bonds. The summed E-state index contributed by atoms with van der Waals surface area (Å²) in [6.07, 6.45) is 2.08. The van der Waals surface area contributed by atoms with Crippen molar-refractivity contribution in [3.8, 4) is 0 Å². The second kappa shape index (κ2) is 5.96. The molecule has 0 spiro atoms. The molecule has 1 aromatic carbocycles. The average Bonchev–Trinajstić information content (AvgIpc) is 3.10. The van der Waals surface area contributed by atoms with Gasteiger partial charge in [-0.1, -0.05) is 6.07 Å². The first-order chi connectivity index (χ1) is 8.70. The fraction of sp³-hybridized carbons (Fsp3) is 0.357. The predicted octanol–water partition coefficient (Wildman–Crippen LogP) is 4.00. The summed E-state index contributed by atoms with van der Waals surface area (Å²) in [5.41, 5.74) is 0. The number of esters is 1. The molecule has 0 atom stereocenters. The van der Waals surface area contributed by atoms with Crippen LogP contribution in [0.2, 0.25) is 0 Å². The van der Waals surface area contributed by atoms with Crippen molar-refractivity contribution >= 4 is 27.4 Å². The molecule has 2 nitrogen and oxygen atoms in total. The normalized spacial score (nSPS) is 13.9. The lowest BCUT2D eigenvalue weighted by atomic mass is 10.3. The Labute approximate surface area is 109 Å². The zero-order chi connectivity index (χ0) is 13.0. The number of hydrogen-bond acceptors (Lipinski definition) is 3. The zero-order valence-electron chi connectivity index (χ0n) is 10.2. The Morgan fingerprint density at radius 3 is 2.89 bits per heavy atom. The molecule has 1 aliphatic rings. The van der Waals surface area contributed by atoms with E-state index in [2.05, 4.69) is 0 Å². The molecule has 2 aromatic rings. The van der Waals surface area contributed by atoms with Gasteiger partial charge in [-0.25, -0.2) is 4.39 Å². The summed E-state index contributed by atoms with van der Waals surface area (Å²) in [7, 11) is 0. The number of carbonyl (C=O) groups is 1. The van der Waals surface area contributed by atoms with E-state index in [0.717, 1.165) is 22.9 Å². The van der Waals surface area contributed by atoms with Crippen molar-refractivity contribution in [2.45, 2.75) is 19.8 Å². The summed E-state index contributed by atoms with van der Waals surface area (Å²) in [5.74, 6) is 0.0948. The van der Waals surface area contributed by atoms with Crippen molar-refractivity contribution in [1.29, 1.82) is 0 Å². The van der Waals surface area contributed by atoms with Gasteiger partial charge in [-0.05, 0) is 48.7 Å². The van der Waals surface area contributed by atoms with Gasteiger partial charge in [0.05, 0.1) is 12.5 Å². The molecular formula is C14H15FO2S. The minimum absolute atomic E-state index is 0.00694. The molecule has 1 aromatic heterocycles. The van der Waals surface area contributed by atoms with Gasteiger partial charge in [0.1, 0.15) is 5.82 Å². The Kier molecular flexibility index (Phi) is 4.31. The summed E-state index contributed by atoms with van der Waals surface area (Å²) in [4.78, 5) is 10.6. The molecule has 0 aliphatic heterocycles. The fourth-order valence-corrected chi connectivity index (χ4v) is 2.32. The maximum absolute atomic E-state index is 12.5. The monoisotopic (exact) mass is 266 g/mol. The first-order valence-electron chi connectivity index (χ1n) is 6.00. The van der Waals surface area contributed by atoms with Gasteiger partial charge in [0, 0.05) is 4.70 Å². The summed E-state index contributed by atoms with van der Waals surface area (Å²) in [5, 5.41) is 3.08. The van der Waals surface area contributed by atoms with E-state index in [1.807, 2.05) is 18.4 Å². The molecule has 1 aliphatic carbocycles. The SMILES string of the molecule is CCOC(=O)C1CC1.Fc1ccc2ccsc2c1. The lowest BCUT2D eigenvalue weighted by Crippen LogP contribution is -2.04. The highest BCUT2D eigenvalue weighted by atomic mass is 32.1. The topological polar surface area (TPSA) is 26.3 Å². The maximum Gasteiger partial charge on any atom is 0.308 e. The minimum Gasteiger partial charge on any atom is -0.466 e. The summed E-state index contributed by atoms with van der Waals surface area (Å²) in [6.45, 7) is 2.36. The Hall–Kier alpha value is -1.42. The van der Waals surface area contributed by atoms with Gasteiger partial charge in [0.2, 0.25) is 0 Å². The maximum atomic E-state index is 12.5. The highest BCUT2D eigenvalue weighted by Crippen LogP contribution is 2.29. The number of benzene rings is 1. The van der Waals surface area contributed by atoms with Crippen LogP contribution in [-0.4, -0.2) is 12.6 Å². The third-order valence-corrected chi connectivity index (χ3v) is 3.50. The lowest BCUT2D eigenvalue weighted by Gasteiger charge is -1.95. The second-order valence-electron chi connectivity index (χ2n) is 4.13. The third-order valence-electron chi connectivity index (χ3n) is 2.62. The van der Waals surface area contributed by atoms with E-state index in [-0.39, 0.29) is 17.7 Å². The molecule has 0 saturated heterocycles. The van der Waals surface area contributed by atoms with E-state index in [4.69, 9.17) is 4.74 Å². The van der Waals surface area contributed by atoms with Crippen LogP contribution in [-0.2, 0) is 9.53 Å². The Morgan fingerprint density at radius 1 is 1.44 bits per heavy atom. The molecular weight excluding hydrogens is 251 g/mol. The van der Waals surface area contributed by atoms with E-state index < -0.39 is 0 Å². The van der Waals surface area contributed by atoms with E-state index in [9.17, 15) is 9.18 Å². The zero-order valence-corrected chi connectivity index (χ0v) is 11.0. The van der Waals surface area contributed by atoms with Gasteiger partial charge < -0.3 is 4.74 Å². The van der Waals surface area contributed by atoms with Gasteiger partial charge in [-0.15, -0.1) is 11.3 Å². The highest BCUT2D eigenvalue weighted by molar-refractivity contribution is 7.17. The number of hydrogen-bond donors (Lipinski definition) is 0. The molecule has 4 heteroatoms. The standard InChI is InChI=1S/C8H5FS.C6H10O2/c9-7-2-1-6-3-4-10-8(6)5-7;1-2-8-6(7)5-3-4-5/h1-5H;5H,2-4H2,1H3. The van der Waals surface area contributed by atoms with E-state index >= 15 is 0 Å². The summed E-state index contributed by atoms with van der Waals surface area (Å²) >= 11 is 1.56. The van der Waals surface area contributed by atoms with Crippen molar-refractivity contribution < 1.29 is 13.9 Å². The van der Waals surface area contributed by atoms with E-state index in [1.165, 1.54) is 6.07 Å². The lowest BCUT2D eigenvalue weighted by molar-refractivity contribution is -0.144. The summed E-state index contributed by atoms with van der Waals surface area (Å²) < 4.78 is 18.3. The van der Waals surface area contributed by atoms with Crippen LogP contribution in [0.5, 0.6) is 0 Å². The smallest absolute Gasteiger partial charge is 0.308 e. The number of thiophene rings is 1. The largest absolute Gasteiger partial charge is 0.466 e. The van der Waals surface area contributed by atoms with E-state index in [1.54, 1.807) is 23.5 Å². The van der Waals surface area contributed by atoms with Gasteiger partial charge in [0.25, 0.3) is 0 Å². The predicted molar refractivity (Wildman–Crippen MR) is 71.1 cm³/mol. The quantitative estimate of drug-likeness (QED) is 0.768. The van der Waals surface area contributed by atoms with Crippen LogP contribution in [0.3, 0.4) is 0 Å². The number of ether oxygens (including phenoxy) is 1. The highest BCUT2D eigenvalue weighted by Gasteiger charge is 2.30. The van der Waals surface area contributed by atoms with E-state index in [0.29, 0.717) is 6.61 Å². The van der Waals surface area contributed by atoms with Crippen molar-refractivity contribution in [3.63, 3.8) is 0 Å². The molecule has 3 rings (SSSR count). The Morgan fingerprint density at radius 2 is 2.22 bits per heavy atom. The van der Waals surface area contributed by atoms with Crippen LogP contribution >= 0.6 is 11.3 Å². The van der Waals surface area contributed by atoms with Crippen LogP contribution in [0.25, 0.3) is 10.1 Å². The molecule has 0 N–H and O–H groups in total. The van der Waals surface area contributed by atoms with Crippen molar-refractivity contribution in [1.82, 2.24) is 0 Å². The minimum atomic E-state index is -0.157. The van der Waals surface area contributed by atoms with Crippen LogP contribution in [0.4, 0.5) is 4.39 Å². The van der Waals surface area contributed by atoms with Crippen LogP contribution in [0.1, 0.15) is 19.8 Å².